The Hall–Kier alpha value is -1.89. The van der Waals surface area contributed by atoms with E-state index in [1.807, 2.05) is 26.4 Å². The van der Waals surface area contributed by atoms with Gasteiger partial charge in [-0.2, -0.15) is 5.10 Å². The van der Waals surface area contributed by atoms with E-state index in [1.54, 1.807) is 16.0 Å². The van der Waals surface area contributed by atoms with Gasteiger partial charge >= 0.3 is 0 Å². The summed E-state index contributed by atoms with van der Waals surface area (Å²) < 4.78 is 1.79. The number of guanidine groups is 1. The zero-order valence-corrected chi connectivity index (χ0v) is 13.6. The quantitative estimate of drug-likeness (QED) is 0.627. The Morgan fingerprint density at radius 1 is 1.43 bits per heavy atom. The molecule has 0 radical (unpaired) electrons. The highest BCUT2D eigenvalue weighted by molar-refractivity contribution is 7.09. The molecule has 0 amide bonds. The molecule has 6 nitrogen and oxygen atoms in total. The summed E-state index contributed by atoms with van der Waals surface area (Å²) in [5, 5.41) is 13.9. The Balaban J connectivity index is 1.83. The second-order valence-electron chi connectivity index (χ2n) is 4.75. The van der Waals surface area contributed by atoms with Crippen LogP contribution in [0.2, 0.25) is 0 Å². The van der Waals surface area contributed by atoms with E-state index in [2.05, 4.69) is 38.0 Å². The molecule has 0 aromatic carbocycles. The highest BCUT2D eigenvalue weighted by atomic mass is 32.1. The number of nitrogens with zero attached hydrogens (tertiary/aromatic N) is 4. The fraction of sp³-hybridized carbons (Fsp3) is 0.500. The molecular formula is C14H22N6S. The minimum atomic E-state index is 0.624. The van der Waals surface area contributed by atoms with Gasteiger partial charge in [0.15, 0.2) is 5.96 Å². The van der Waals surface area contributed by atoms with Crippen molar-refractivity contribution < 1.29 is 0 Å². The molecule has 7 heteroatoms. The fourth-order valence-electron chi connectivity index (χ4n) is 1.90. The van der Waals surface area contributed by atoms with Crippen molar-refractivity contribution >= 4 is 17.3 Å². The molecule has 0 aliphatic carbocycles. The van der Waals surface area contributed by atoms with Crippen molar-refractivity contribution in [1.82, 2.24) is 25.4 Å². The molecule has 114 valence electrons. The Bertz CT molecular complexity index is 586. The number of rotatable bonds is 6. The first-order valence-electron chi connectivity index (χ1n) is 7.08. The van der Waals surface area contributed by atoms with Crippen LogP contribution in [0.15, 0.2) is 22.8 Å². The van der Waals surface area contributed by atoms with Gasteiger partial charge in [-0.3, -0.25) is 4.68 Å². The van der Waals surface area contributed by atoms with Gasteiger partial charge in [0.1, 0.15) is 0 Å². The van der Waals surface area contributed by atoms with Crippen molar-refractivity contribution in [3.8, 4) is 0 Å². The third kappa shape index (κ3) is 5.18. The molecule has 0 aliphatic rings. The molecule has 2 rings (SSSR count). The van der Waals surface area contributed by atoms with Crippen molar-refractivity contribution in [2.24, 2.45) is 12.0 Å². The predicted molar refractivity (Wildman–Crippen MR) is 86.6 cm³/mol. The summed E-state index contributed by atoms with van der Waals surface area (Å²) in [7, 11) is 1.91. The standard InChI is InChI=1S/C14H22N6S/c1-4-15-14(17-7-12-8-18-20(3)9-12)16-6-5-13-10-21-11(2)19-13/h8-10H,4-7H2,1-3H3,(H2,15,16,17). The van der Waals surface area contributed by atoms with Crippen LogP contribution >= 0.6 is 11.3 Å². The molecule has 2 aromatic heterocycles. The number of hydrogen-bond donors (Lipinski definition) is 2. The first-order chi connectivity index (χ1) is 10.2. The van der Waals surface area contributed by atoms with E-state index in [4.69, 9.17) is 0 Å². The monoisotopic (exact) mass is 306 g/mol. The van der Waals surface area contributed by atoms with Crippen LogP contribution in [0.4, 0.5) is 0 Å². The maximum atomic E-state index is 4.56. The molecule has 0 saturated heterocycles. The van der Waals surface area contributed by atoms with Gasteiger partial charge in [0.2, 0.25) is 0 Å². The van der Waals surface area contributed by atoms with Gasteiger partial charge < -0.3 is 10.6 Å². The maximum absolute atomic E-state index is 4.56. The molecule has 0 aliphatic heterocycles. The summed E-state index contributed by atoms with van der Waals surface area (Å²) in [5.74, 6) is 0.827. The van der Waals surface area contributed by atoms with Crippen LogP contribution in [0, 0.1) is 6.92 Å². The highest BCUT2D eigenvalue weighted by Crippen LogP contribution is 2.07. The van der Waals surface area contributed by atoms with Crippen molar-refractivity contribution in [1.29, 1.82) is 0 Å². The third-order valence-corrected chi connectivity index (χ3v) is 3.68. The Morgan fingerprint density at radius 3 is 2.90 bits per heavy atom. The second kappa shape index (κ2) is 7.78. The van der Waals surface area contributed by atoms with Crippen molar-refractivity contribution in [2.45, 2.75) is 26.8 Å². The van der Waals surface area contributed by atoms with Gasteiger partial charge in [-0.15, -0.1) is 11.3 Å². The van der Waals surface area contributed by atoms with Gasteiger partial charge in [-0.05, 0) is 13.8 Å². The SMILES string of the molecule is CCNC(=NCc1cnn(C)c1)NCCc1csc(C)n1. The molecule has 0 saturated carbocycles. The molecule has 0 bridgehead atoms. The summed E-state index contributed by atoms with van der Waals surface area (Å²) in [6.45, 7) is 6.38. The van der Waals surface area contributed by atoms with Crippen molar-refractivity contribution in [3.05, 3.63) is 34.0 Å². The maximum Gasteiger partial charge on any atom is 0.191 e. The van der Waals surface area contributed by atoms with Gasteiger partial charge in [0.05, 0.1) is 23.4 Å². The lowest BCUT2D eigenvalue weighted by atomic mass is 10.3. The van der Waals surface area contributed by atoms with Crippen LogP contribution in [0.3, 0.4) is 0 Å². The van der Waals surface area contributed by atoms with Gasteiger partial charge in [-0.25, -0.2) is 9.98 Å². The summed E-state index contributed by atoms with van der Waals surface area (Å²) in [6.07, 6.45) is 4.72. The number of nitrogens with one attached hydrogen (secondary N) is 2. The van der Waals surface area contributed by atoms with E-state index in [9.17, 15) is 0 Å². The van der Waals surface area contributed by atoms with E-state index in [1.165, 1.54) is 0 Å². The fourth-order valence-corrected chi connectivity index (χ4v) is 2.54. The average Bonchev–Trinajstić information content (AvgIpc) is 3.05. The highest BCUT2D eigenvalue weighted by Gasteiger charge is 2.01. The molecular weight excluding hydrogens is 284 g/mol. The van der Waals surface area contributed by atoms with Gasteiger partial charge in [0, 0.05) is 43.7 Å². The van der Waals surface area contributed by atoms with Crippen LogP contribution in [0.25, 0.3) is 0 Å². The lowest BCUT2D eigenvalue weighted by molar-refractivity contribution is 0.766. The summed E-state index contributed by atoms with van der Waals surface area (Å²) in [6, 6.07) is 0. The zero-order valence-electron chi connectivity index (χ0n) is 12.8. The summed E-state index contributed by atoms with van der Waals surface area (Å²) in [4.78, 5) is 9.01. The number of thiazole rings is 1. The second-order valence-corrected chi connectivity index (χ2v) is 5.81. The first kappa shape index (κ1) is 15.5. The summed E-state index contributed by atoms with van der Waals surface area (Å²) >= 11 is 1.69. The minimum Gasteiger partial charge on any atom is -0.357 e. The lowest BCUT2D eigenvalue weighted by Crippen LogP contribution is -2.38. The number of hydrogen-bond acceptors (Lipinski definition) is 4. The average molecular weight is 306 g/mol. The first-order valence-corrected chi connectivity index (χ1v) is 7.96. The van der Waals surface area contributed by atoms with E-state index in [0.717, 1.165) is 41.7 Å². The molecule has 2 aromatic rings. The number of aromatic nitrogens is 3. The smallest absolute Gasteiger partial charge is 0.191 e. The summed E-state index contributed by atoms with van der Waals surface area (Å²) in [5.41, 5.74) is 2.23. The Kier molecular flexibility index (Phi) is 5.74. The van der Waals surface area contributed by atoms with E-state index in [0.29, 0.717) is 6.54 Å². The van der Waals surface area contributed by atoms with E-state index in [-0.39, 0.29) is 0 Å². The normalized spacial score (nSPS) is 11.7. The van der Waals surface area contributed by atoms with Crippen LogP contribution in [-0.2, 0) is 20.0 Å². The lowest BCUT2D eigenvalue weighted by Gasteiger charge is -2.10. The molecule has 2 heterocycles. The van der Waals surface area contributed by atoms with Crippen LogP contribution in [0.5, 0.6) is 0 Å². The van der Waals surface area contributed by atoms with Gasteiger partial charge in [-0.1, -0.05) is 0 Å². The van der Waals surface area contributed by atoms with Crippen LogP contribution in [-0.4, -0.2) is 33.8 Å². The topological polar surface area (TPSA) is 67.1 Å². The molecule has 0 unspecified atom stereocenters. The molecule has 21 heavy (non-hydrogen) atoms. The molecule has 0 atom stereocenters. The van der Waals surface area contributed by atoms with Crippen molar-refractivity contribution in [3.63, 3.8) is 0 Å². The molecule has 2 N–H and O–H groups in total. The zero-order chi connectivity index (χ0) is 15.1. The molecule has 0 spiro atoms. The number of aryl methyl sites for hydroxylation is 2. The Morgan fingerprint density at radius 2 is 2.29 bits per heavy atom. The molecule has 0 fully saturated rings. The van der Waals surface area contributed by atoms with E-state index < -0.39 is 0 Å². The van der Waals surface area contributed by atoms with E-state index >= 15 is 0 Å². The van der Waals surface area contributed by atoms with Crippen LogP contribution in [0.1, 0.15) is 23.2 Å². The Labute approximate surface area is 129 Å². The number of aliphatic imine (C=N–C) groups is 1. The minimum absolute atomic E-state index is 0.624. The van der Waals surface area contributed by atoms with Gasteiger partial charge in [0.25, 0.3) is 0 Å². The van der Waals surface area contributed by atoms with Crippen LogP contribution < -0.4 is 10.6 Å². The largest absolute Gasteiger partial charge is 0.357 e. The predicted octanol–water partition coefficient (Wildman–Crippen LogP) is 1.48. The van der Waals surface area contributed by atoms with Crippen molar-refractivity contribution in [2.75, 3.05) is 13.1 Å². The third-order valence-electron chi connectivity index (χ3n) is 2.86.